The second-order valence-electron chi connectivity index (χ2n) is 5.21. The summed E-state index contributed by atoms with van der Waals surface area (Å²) < 4.78 is 5.41. The SMILES string of the molecule is COC(C)C(C)(CC(=O)O)N1CCCCCC1. The van der Waals surface area contributed by atoms with Gasteiger partial charge in [-0.3, -0.25) is 9.69 Å². The van der Waals surface area contributed by atoms with Crippen molar-refractivity contribution in [2.45, 2.75) is 57.6 Å². The molecule has 0 aromatic carbocycles. The summed E-state index contributed by atoms with van der Waals surface area (Å²) in [5.74, 6) is -0.749. The molecule has 0 bridgehead atoms. The van der Waals surface area contributed by atoms with Crippen LogP contribution in [-0.2, 0) is 9.53 Å². The predicted molar refractivity (Wildman–Crippen MR) is 67.2 cm³/mol. The number of hydrogen-bond donors (Lipinski definition) is 1. The maximum absolute atomic E-state index is 11.1. The second kappa shape index (κ2) is 6.36. The lowest BCUT2D eigenvalue weighted by atomic mass is 9.89. The van der Waals surface area contributed by atoms with Crippen molar-refractivity contribution in [1.29, 1.82) is 0 Å². The summed E-state index contributed by atoms with van der Waals surface area (Å²) >= 11 is 0. The van der Waals surface area contributed by atoms with E-state index in [0.29, 0.717) is 0 Å². The van der Waals surface area contributed by atoms with Crippen molar-refractivity contribution in [3.05, 3.63) is 0 Å². The summed E-state index contributed by atoms with van der Waals surface area (Å²) in [7, 11) is 1.66. The van der Waals surface area contributed by atoms with E-state index >= 15 is 0 Å². The lowest BCUT2D eigenvalue weighted by molar-refractivity contribution is -0.143. The average molecular weight is 243 g/mol. The van der Waals surface area contributed by atoms with Crippen LogP contribution in [0.25, 0.3) is 0 Å². The van der Waals surface area contributed by atoms with E-state index < -0.39 is 11.5 Å². The molecule has 0 spiro atoms. The fourth-order valence-electron chi connectivity index (χ4n) is 2.65. The van der Waals surface area contributed by atoms with Crippen molar-refractivity contribution in [3.8, 4) is 0 Å². The second-order valence-corrected chi connectivity index (χ2v) is 5.21. The number of nitrogens with zero attached hydrogens (tertiary/aromatic N) is 1. The highest BCUT2D eigenvalue weighted by atomic mass is 16.5. The third-order valence-corrected chi connectivity index (χ3v) is 4.07. The van der Waals surface area contributed by atoms with E-state index in [1.54, 1.807) is 7.11 Å². The molecule has 1 rings (SSSR count). The first-order valence-corrected chi connectivity index (χ1v) is 6.50. The number of aliphatic carboxylic acids is 1. The molecule has 2 atom stereocenters. The molecule has 0 amide bonds. The van der Waals surface area contributed by atoms with E-state index in [1.807, 2.05) is 13.8 Å². The van der Waals surface area contributed by atoms with E-state index in [-0.39, 0.29) is 12.5 Å². The fraction of sp³-hybridized carbons (Fsp3) is 0.923. The van der Waals surface area contributed by atoms with Crippen molar-refractivity contribution in [2.24, 2.45) is 0 Å². The summed E-state index contributed by atoms with van der Waals surface area (Å²) in [5, 5.41) is 9.11. The average Bonchev–Trinajstić information content (AvgIpc) is 2.55. The molecule has 0 saturated carbocycles. The summed E-state index contributed by atoms with van der Waals surface area (Å²) in [6.07, 6.45) is 4.89. The number of likely N-dealkylation sites (tertiary alicyclic amines) is 1. The molecular weight excluding hydrogens is 218 g/mol. The molecule has 17 heavy (non-hydrogen) atoms. The van der Waals surface area contributed by atoms with Gasteiger partial charge in [-0.15, -0.1) is 0 Å². The van der Waals surface area contributed by atoms with Crippen LogP contribution >= 0.6 is 0 Å². The van der Waals surface area contributed by atoms with Gasteiger partial charge in [0.1, 0.15) is 0 Å². The van der Waals surface area contributed by atoms with Crippen LogP contribution in [0.15, 0.2) is 0 Å². The van der Waals surface area contributed by atoms with E-state index in [2.05, 4.69) is 4.90 Å². The van der Waals surface area contributed by atoms with Crippen LogP contribution in [0.3, 0.4) is 0 Å². The van der Waals surface area contributed by atoms with Crippen molar-refractivity contribution in [3.63, 3.8) is 0 Å². The minimum absolute atomic E-state index is 0.0725. The number of carboxylic acid groups (broad SMARTS) is 1. The van der Waals surface area contributed by atoms with Crippen LogP contribution in [0.5, 0.6) is 0 Å². The molecule has 0 radical (unpaired) electrons. The third-order valence-electron chi connectivity index (χ3n) is 4.07. The van der Waals surface area contributed by atoms with Crippen LogP contribution in [0.4, 0.5) is 0 Å². The Labute approximate surface area is 104 Å². The first-order chi connectivity index (χ1) is 8.00. The van der Waals surface area contributed by atoms with Gasteiger partial charge in [0.25, 0.3) is 0 Å². The highest BCUT2D eigenvalue weighted by Crippen LogP contribution is 2.28. The fourth-order valence-corrected chi connectivity index (χ4v) is 2.65. The maximum atomic E-state index is 11.1. The number of methoxy groups -OCH3 is 1. The molecule has 1 aliphatic heterocycles. The van der Waals surface area contributed by atoms with Crippen LogP contribution in [-0.4, -0.2) is 47.8 Å². The number of carbonyl (C=O) groups is 1. The standard InChI is InChI=1S/C13H25NO3/c1-11(17-3)13(2,10-12(15)16)14-8-6-4-5-7-9-14/h11H,4-10H2,1-3H3,(H,15,16). The molecule has 1 fully saturated rings. The highest BCUT2D eigenvalue weighted by molar-refractivity contribution is 5.68. The summed E-state index contributed by atoms with van der Waals surface area (Å²) in [6.45, 7) is 5.95. The Hall–Kier alpha value is -0.610. The van der Waals surface area contributed by atoms with Gasteiger partial charge >= 0.3 is 5.97 Å². The van der Waals surface area contributed by atoms with Crippen molar-refractivity contribution in [1.82, 2.24) is 4.90 Å². The normalized spacial score (nSPS) is 23.7. The molecule has 0 aromatic rings. The van der Waals surface area contributed by atoms with Gasteiger partial charge in [-0.1, -0.05) is 12.8 Å². The summed E-state index contributed by atoms with van der Waals surface area (Å²) in [5.41, 5.74) is -0.398. The van der Waals surface area contributed by atoms with E-state index in [1.165, 1.54) is 12.8 Å². The minimum atomic E-state index is -0.749. The molecule has 1 saturated heterocycles. The molecular formula is C13H25NO3. The third kappa shape index (κ3) is 3.68. The highest BCUT2D eigenvalue weighted by Gasteiger charge is 2.39. The van der Waals surface area contributed by atoms with Gasteiger partial charge in [0.05, 0.1) is 18.1 Å². The van der Waals surface area contributed by atoms with Crippen molar-refractivity contribution < 1.29 is 14.6 Å². The number of hydrogen-bond acceptors (Lipinski definition) is 3. The molecule has 1 N–H and O–H groups in total. The summed E-state index contributed by atoms with van der Waals surface area (Å²) in [6, 6.07) is 0. The largest absolute Gasteiger partial charge is 0.481 e. The minimum Gasteiger partial charge on any atom is -0.481 e. The molecule has 1 heterocycles. The van der Waals surface area contributed by atoms with Crippen LogP contribution < -0.4 is 0 Å². The van der Waals surface area contributed by atoms with E-state index in [9.17, 15) is 4.79 Å². The van der Waals surface area contributed by atoms with Gasteiger partial charge in [-0.2, -0.15) is 0 Å². The Bertz CT molecular complexity index is 249. The predicted octanol–water partition coefficient (Wildman–Crippen LogP) is 2.13. The van der Waals surface area contributed by atoms with Crippen molar-refractivity contribution in [2.75, 3.05) is 20.2 Å². The molecule has 100 valence electrons. The number of rotatable bonds is 5. The van der Waals surface area contributed by atoms with Crippen LogP contribution in [0.1, 0.15) is 46.0 Å². The molecule has 0 aromatic heterocycles. The lowest BCUT2D eigenvalue weighted by Crippen LogP contribution is -2.55. The van der Waals surface area contributed by atoms with Gasteiger partial charge in [0, 0.05) is 7.11 Å². The molecule has 2 unspecified atom stereocenters. The van der Waals surface area contributed by atoms with E-state index in [0.717, 1.165) is 25.9 Å². The Morgan fingerprint density at radius 3 is 2.29 bits per heavy atom. The van der Waals surface area contributed by atoms with Gasteiger partial charge < -0.3 is 9.84 Å². The Morgan fingerprint density at radius 1 is 1.35 bits per heavy atom. The quantitative estimate of drug-likeness (QED) is 0.803. The first-order valence-electron chi connectivity index (χ1n) is 6.50. The number of ether oxygens (including phenoxy) is 1. The monoisotopic (exact) mass is 243 g/mol. The zero-order valence-electron chi connectivity index (χ0n) is 11.2. The van der Waals surface area contributed by atoms with Gasteiger partial charge in [-0.05, 0) is 39.8 Å². The van der Waals surface area contributed by atoms with Crippen LogP contribution in [0, 0.1) is 0 Å². The zero-order chi connectivity index (χ0) is 12.9. The smallest absolute Gasteiger partial charge is 0.305 e. The summed E-state index contributed by atoms with van der Waals surface area (Å²) in [4.78, 5) is 13.4. The molecule has 4 heteroatoms. The molecule has 0 aliphatic carbocycles. The first kappa shape index (κ1) is 14.5. The van der Waals surface area contributed by atoms with Gasteiger partial charge in [0.2, 0.25) is 0 Å². The van der Waals surface area contributed by atoms with Crippen molar-refractivity contribution >= 4 is 5.97 Å². The Morgan fingerprint density at radius 2 is 1.88 bits per heavy atom. The Balaban J connectivity index is 2.82. The topological polar surface area (TPSA) is 49.8 Å². The van der Waals surface area contributed by atoms with Crippen LogP contribution in [0.2, 0.25) is 0 Å². The van der Waals surface area contributed by atoms with Gasteiger partial charge in [0.15, 0.2) is 0 Å². The Kier molecular flexibility index (Phi) is 5.40. The lowest BCUT2D eigenvalue weighted by Gasteiger charge is -2.43. The van der Waals surface area contributed by atoms with E-state index in [4.69, 9.17) is 9.84 Å². The van der Waals surface area contributed by atoms with Gasteiger partial charge in [-0.25, -0.2) is 0 Å². The maximum Gasteiger partial charge on any atom is 0.305 e. The number of carboxylic acids is 1. The zero-order valence-corrected chi connectivity index (χ0v) is 11.2. The molecule has 4 nitrogen and oxygen atoms in total. The molecule has 1 aliphatic rings.